The van der Waals surface area contributed by atoms with Gasteiger partial charge in [0.25, 0.3) is 0 Å². The number of fused-ring (bicyclic) bond motifs is 3. The van der Waals surface area contributed by atoms with E-state index in [0.29, 0.717) is 37.8 Å². The Morgan fingerprint density at radius 3 is 2.50 bits per heavy atom. The van der Waals surface area contributed by atoms with Crippen molar-refractivity contribution in [2.75, 3.05) is 13.1 Å². The highest BCUT2D eigenvalue weighted by Crippen LogP contribution is 2.58. The number of nitrogens with zero attached hydrogens (tertiary/aromatic N) is 1. The van der Waals surface area contributed by atoms with E-state index in [4.69, 9.17) is 4.74 Å². The summed E-state index contributed by atoms with van der Waals surface area (Å²) >= 11 is 0. The van der Waals surface area contributed by atoms with Crippen LogP contribution >= 0.6 is 0 Å². The molecule has 7 heteroatoms. The summed E-state index contributed by atoms with van der Waals surface area (Å²) in [5, 5.41) is 23.3. The number of carbonyl (C=O) groups excluding carboxylic acids is 3. The normalized spacial score (nSPS) is 51.6. The summed E-state index contributed by atoms with van der Waals surface area (Å²) < 4.78 is 5.39. The molecule has 2 saturated heterocycles. The zero-order valence-corrected chi connectivity index (χ0v) is 22.6. The van der Waals surface area contributed by atoms with Crippen LogP contribution in [0.15, 0.2) is 0 Å². The average molecular weight is 504 g/mol. The van der Waals surface area contributed by atoms with Crippen molar-refractivity contribution in [3.05, 3.63) is 0 Å². The second kappa shape index (κ2) is 9.16. The molecule has 0 spiro atoms. The fraction of sp³-hybridized carbons (Fsp3) is 0.897. The molecule has 5 rings (SSSR count). The molecule has 2 heterocycles. The van der Waals surface area contributed by atoms with E-state index in [2.05, 4.69) is 25.7 Å². The van der Waals surface area contributed by atoms with Crippen molar-refractivity contribution in [1.82, 2.24) is 4.90 Å². The lowest BCUT2D eigenvalue weighted by molar-refractivity contribution is -0.194. The van der Waals surface area contributed by atoms with Crippen LogP contribution in [0.25, 0.3) is 0 Å². The van der Waals surface area contributed by atoms with E-state index in [9.17, 15) is 24.6 Å². The first kappa shape index (κ1) is 26.3. The lowest BCUT2D eigenvalue weighted by atomic mass is 9.47. The second-order valence-electron chi connectivity index (χ2n) is 13.4. The van der Waals surface area contributed by atoms with Crippen LogP contribution < -0.4 is 0 Å². The molecule has 36 heavy (non-hydrogen) atoms. The average Bonchev–Trinajstić information content (AvgIpc) is 2.79. The molecular formula is C29H45NO6. The predicted octanol–water partition coefficient (Wildman–Crippen LogP) is 3.00. The third-order valence-electron chi connectivity index (χ3n) is 11.6. The maximum Gasteiger partial charge on any atom is 0.302 e. The standard InChI is InChI=1S/C29H45NO6/c1-15-6-9-24-16(2)22-8-7-20(27(34)29(22,35)14-30(24)13-15)21-12-25(32)23-10-19(36-18(4)31)11-26(33)28(23,5)17(21)3/h15-17,19-24,26,33,35H,6-14H2,1-5H3. The summed E-state index contributed by atoms with van der Waals surface area (Å²) in [6.45, 7) is 11.2. The molecule has 5 aliphatic rings. The van der Waals surface area contributed by atoms with Crippen molar-refractivity contribution in [2.24, 2.45) is 46.8 Å². The molecule has 2 aliphatic heterocycles. The number of esters is 1. The van der Waals surface area contributed by atoms with E-state index in [0.717, 1.165) is 19.4 Å². The van der Waals surface area contributed by atoms with Crippen molar-refractivity contribution in [3.8, 4) is 0 Å². The number of aliphatic hydroxyl groups is 2. The van der Waals surface area contributed by atoms with Gasteiger partial charge >= 0.3 is 5.97 Å². The first-order valence-electron chi connectivity index (χ1n) is 14.3. The van der Waals surface area contributed by atoms with Gasteiger partial charge in [-0.15, -0.1) is 0 Å². The van der Waals surface area contributed by atoms with E-state index in [1.165, 1.54) is 13.3 Å². The molecule has 2 N–H and O–H groups in total. The van der Waals surface area contributed by atoms with Crippen molar-refractivity contribution >= 4 is 17.5 Å². The quantitative estimate of drug-likeness (QED) is 0.558. The topological polar surface area (TPSA) is 104 Å². The number of ether oxygens (including phenoxy) is 1. The van der Waals surface area contributed by atoms with E-state index in [-0.39, 0.29) is 47.6 Å². The lowest BCUT2D eigenvalue weighted by Crippen LogP contribution is -2.70. The number of hydrogen-bond donors (Lipinski definition) is 2. The summed E-state index contributed by atoms with van der Waals surface area (Å²) in [4.78, 5) is 41.6. The van der Waals surface area contributed by atoms with Crippen LogP contribution in [0.2, 0.25) is 0 Å². The van der Waals surface area contributed by atoms with E-state index < -0.39 is 35.1 Å². The van der Waals surface area contributed by atoms with Gasteiger partial charge in [0, 0.05) is 62.1 Å². The lowest BCUT2D eigenvalue weighted by Gasteiger charge is -2.60. The van der Waals surface area contributed by atoms with Crippen LogP contribution in [0.3, 0.4) is 0 Å². The van der Waals surface area contributed by atoms with Crippen LogP contribution in [-0.2, 0) is 19.1 Å². The van der Waals surface area contributed by atoms with Gasteiger partial charge < -0.3 is 14.9 Å². The van der Waals surface area contributed by atoms with Crippen LogP contribution in [0.4, 0.5) is 0 Å². The van der Waals surface area contributed by atoms with Crippen LogP contribution in [-0.4, -0.2) is 69.6 Å². The van der Waals surface area contributed by atoms with E-state index >= 15 is 0 Å². The third kappa shape index (κ3) is 3.90. The number of hydrogen-bond acceptors (Lipinski definition) is 7. The molecule has 0 amide bonds. The highest BCUT2D eigenvalue weighted by atomic mass is 16.5. The van der Waals surface area contributed by atoms with Crippen molar-refractivity contribution in [3.63, 3.8) is 0 Å². The van der Waals surface area contributed by atoms with Gasteiger partial charge in [-0.05, 0) is 55.8 Å². The molecule has 0 bridgehead atoms. The first-order chi connectivity index (χ1) is 16.9. The monoisotopic (exact) mass is 503 g/mol. The number of piperidine rings is 2. The van der Waals surface area contributed by atoms with Crippen molar-refractivity contribution < 1.29 is 29.3 Å². The number of carbonyl (C=O) groups is 3. The molecule has 12 atom stereocenters. The van der Waals surface area contributed by atoms with E-state index in [1.807, 2.05) is 6.92 Å². The molecule has 0 aromatic heterocycles. The number of aliphatic hydroxyl groups excluding tert-OH is 1. The summed E-state index contributed by atoms with van der Waals surface area (Å²) in [5.74, 6) is -0.616. The Kier molecular flexibility index (Phi) is 6.69. The zero-order chi connectivity index (χ0) is 26.2. The molecule has 202 valence electrons. The maximum atomic E-state index is 14.1. The molecule has 5 fully saturated rings. The minimum absolute atomic E-state index is 0.0291. The molecule has 0 aromatic rings. The molecule has 12 unspecified atom stereocenters. The van der Waals surface area contributed by atoms with Gasteiger partial charge in [-0.25, -0.2) is 0 Å². The van der Waals surface area contributed by atoms with Gasteiger partial charge in [0.15, 0.2) is 5.78 Å². The summed E-state index contributed by atoms with van der Waals surface area (Å²) in [5.41, 5.74) is -2.04. The molecule has 0 radical (unpaired) electrons. The summed E-state index contributed by atoms with van der Waals surface area (Å²) in [7, 11) is 0. The molecular weight excluding hydrogens is 458 g/mol. The van der Waals surface area contributed by atoms with Crippen LogP contribution in [0, 0.1) is 46.8 Å². The van der Waals surface area contributed by atoms with Crippen LogP contribution in [0.5, 0.6) is 0 Å². The highest BCUT2D eigenvalue weighted by Gasteiger charge is 2.63. The molecule has 3 aliphatic carbocycles. The smallest absolute Gasteiger partial charge is 0.302 e. The van der Waals surface area contributed by atoms with E-state index in [1.54, 1.807) is 0 Å². The fourth-order valence-electron chi connectivity index (χ4n) is 9.44. The van der Waals surface area contributed by atoms with Gasteiger partial charge in [0.05, 0.1) is 6.10 Å². The zero-order valence-electron chi connectivity index (χ0n) is 22.6. The summed E-state index contributed by atoms with van der Waals surface area (Å²) in [6.07, 6.45) is 3.63. The minimum Gasteiger partial charge on any atom is -0.462 e. The van der Waals surface area contributed by atoms with Gasteiger partial charge in [-0.1, -0.05) is 27.7 Å². The first-order valence-corrected chi connectivity index (χ1v) is 14.3. The Bertz CT molecular complexity index is 919. The fourth-order valence-corrected chi connectivity index (χ4v) is 9.44. The number of ketones is 2. The SMILES string of the molecule is CC(=O)OC1CC(O)C2(C)C(C1)C(=O)CC(C1CCC3C(C)C4CCC(C)CN4CC3(O)C1=O)C2C. The van der Waals surface area contributed by atoms with Crippen LogP contribution in [0.1, 0.15) is 79.6 Å². The number of Topliss-reactive ketones (excluding diaryl/α,β-unsaturated/α-hetero) is 2. The maximum absolute atomic E-state index is 14.1. The largest absolute Gasteiger partial charge is 0.462 e. The molecule has 7 nitrogen and oxygen atoms in total. The Morgan fingerprint density at radius 2 is 1.81 bits per heavy atom. The van der Waals surface area contributed by atoms with Crippen molar-refractivity contribution in [1.29, 1.82) is 0 Å². The third-order valence-corrected chi connectivity index (χ3v) is 11.6. The second-order valence-corrected chi connectivity index (χ2v) is 13.4. The van der Waals surface area contributed by atoms with Gasteiger partial charge in [0.2, 0.25) is 0 Å². The highest BCUT2D eigenvalue weighted by molar-refractivity contribution is 5.92. The van der Waals surface area contributed by atoms with Gasteiger partial charge in [-0.3, -0.25) is 19.3 Å². The number of rotatable bonds is 2. The Labute approximate surface area is 215 Å². The Morgan fingerprint density at radius 1 is 1.08 bits per heavy atom. The minimum atomic E-state index is -1.36. The summed E-state index contributed by atoms with van der Waals surface area (Å²) in [6, 6.07) is 0.438. The Balaban J connectivity index is 1.39. The molecule has 3 saturated carbocycles. The molecule has 0 aromatic carbocycles. The predicted molar refractivity (Wildman–Crippen MR) is 134 cm³/mol. The van der Waals surface area contributed by atoms with Gasteiger partial charge in [-0.2, -0.15) is 0 Å². The Hall–Kier alpha value is -1.31. The van der Waals surface area contributed by atoms with Gasteiger partial charge in [0.1, 0.15) is 17.5 Å². The van der Waals surface area contributed by atoms with Crippen molar-refractivity contribution in [2.45, 2.75) is 103 Å².